The molecule has 0 aliphatic rings. The van der Waals surface area contributed by atoms with E-state index in [1.807, 2.05) is 6.07 Å². The van der Waals surface area contributed by atoms with E-state index in [0.29, 0.717) is 35.7 Å². The third-order valence-electron chi connectivity index (χ3n) is 3.96. The van der Waals surface area contributed by atoms with E-state index in [0.717, 1.165) is 5.56 Å². The molecule has 0 radical (unpaired) electrons. The predicted octanol–water partition coefficient (Wildman–Crippen LogP) is 3.97. The second-order valence-corrected chi connectivity index (χ2v) is 6.05. The number of ether oxygens (including phenoxy) is 3. The molecule has 29 heavy (non-hydrogen) atoms. The highest BCUT2D eigenvalue weighted by Gasteiger charge is 2.10. The fraction of sp³-hybridized carbons (Fsp3) is 0.217. The molecular formula is C23H24O6. The Kier molecular flexibility index (Phi) is 8.03. The van der Waals surface area contributed by atoms with Gasteiger partial charge in [-0.25, -0.2) is 4.79 Å². The minimum Gasteiger partial charge on any atom is -0.504 e. The summed E-state index contributed by atoms with van der Waals surface area (Å²) in [6.45, 7) is 5.51. The Morgan fingerprint density at radius 2 is 1.90 bits per heavy atom. The monoisotopic (exact) mass is 396 g/mol. The molecule has 6 nitrogen and oxygen atoms in total. The number of carbonyl (C=O) groups is 2. The first-order chi connectivity index (χ1) is 14.0. The summed E-state index contributed by atoms with van der Waals surface area (Å²) in [5, 5.41) is 10.1. The average molecular weight is 396 g/mol. The largest absolute Gasteiger partial charge is 0.504 e. The average Bonchev–Trinajstić information content (AvgIpc) is 2.71. The lowest BCUT2D eigenvalue weighted by Crippen LogP contribution is -2.14. The van der Waals surface area contributed by atoms with E-state index in [1.54, 1.807) is 49.4 Å². The summed E-state index contributed by atoms with van der Waals surface area (Å²) in [5.74, 6) is 0.0815. The Labute approximate surface area is 170 Å². The van der Waals surface area contributed by atoms with Gasteiger partial charge in [0.05, 0.1) is 13.7 Å². The van der Waals surface area contributed by atoms with Crippen molar-refractivity contribution in [1.29, 1.82) is 0 Å². The van der Waals surface area contributed by atoms with Gasteiger partial charge in [-0.05, 0) is 67.5 Å². The fourth-order valence-electron chi connectivity index (χ4n) is 2.65. The molecule has 0 saturated carbocycles. The molecule has 6 heteroatoms. The Morgan fingerprint density at radius 1 is 1.17 bits per heavy atom. The molecule has 0 aliphatic carbocycles. The maximum atomic E-state index is 12.5. The number of methoxy groups -OCH3 is 1. The van der Waals surface area contributed by atoms with Gasteiger partial charge < -0.3 is 19.3 Å². The summed E-state index contributed by atoms with van der Waals surface area (Å²) in [6.07, 6.45) is 5.31. The topological polar surface area (TPSA) is 82.1 Å². The molecule has 2 aromatic carbocycles. The number of ketones is 1. The van der Waals surface area contributed by atoms with Crippen LogP contribution in [-0.4, -0.2) is 37.2 Å². The number of rotatable bonds is 10. The molecule has 2 rings (SSSR count). The number of aromatic hydroxyl groups is 1. The Bertz CT molecular complexity index is 896. The van der Waals surface area contributed by atoms with Crippen molar-refractivity contribution in [3.63, 3.8) is 0 Å². The van der Waals surface area contributed by atoms with E-state index in [-0.39, 0.29) is 18.1 Å². The van der Waals surface area contributed by atoms with Gasteiger partial charge in [0.15, 0.2) is 23.9 Å². The number of esters is 1. The molecule has 0 atom stereocenters. The molecule has 0 spiro atoms. The van der Waals surface area contributed by atoms with Gasteiger partial charge in [0, 0.05) is 11.1 Å². The summed E-state index contributed by atoms with van der Waals surface area (Å²) in [7, 11) is 1.45. The van der Waals surface area contributed by atoms with Crippen LogP contribution in [0.3, 0.4) is 0 Å². The minimum absolute atomic E-state index is 0.00190. The van der Waals surface area contributed by atoms with Crippen LogP contribution < -0.4 is 9.47 Å². The van der Waals surface area contributed by atoms with E-state index in [1.165, 1.54) is 13.2 Å². The van der Waals surface area contributed by atoms with Crippen molar-refractivity contribution in [2.45, 2.75) is 13.3 Å². The molecule has 0 heterocycles. The van der Waals surface area contributed by atoms with Crippen LogP contribution in [0.4, 0.5) is 0 Å². The SMILES string of the molecule is C=CCc1cc(O)c(OC)c(C=CC(=O)c2ccc(OCC(=O)OCC)cc2)c1. The maximum Gasteiger partial charge on any atom is 0.344 e. The van der Waals surface area contributed by atoms with E-state index in [2.05, 4.69) is 6.58 Å². The van der Waals surface area contributed by atoms with E-state index >= 15 is 0 Å². The highest BCUT2D eigenvalue weighted by atomic mass is 16.6. The van der Waals surface area contributed by atoms with Crippen LogP contribution in [0.15, 0.2) is 55.1 Å². The summed E-state index contributed by atoms with van der Waals surface area (Å²) in [4.78, 5) is 23.8. The number of phenolic OH excluding ortho intramolecular Hbond substituents is 1. The van der Waals surface area contributed by atoms with Gasteiger partial charge in [0.1, 0.15) is 5.75 Å². The van der Waals surface area contributed by atoms with Crippen LogP contribution in [-0.2, 0) is 16.0 Å². The van der Waals surface area contributed by atoms with Gasteiger partial charge in [-0.2, -0.15) is 0 Å². The first-order valence-electron chi connectivity index (χ1n) is 9.10. The lowest BCUT2D eigenvalue weighted by atomic mass is 10.0. The van der Waals surface area contributed by atoms with Crippen LogP contribution in [0.2, 0.25) is 0 Å². The quantitative estimate of drug-likeness (QED) is 0.283. The second-order valence-electron chi connectivity index (χ2n) is 6.05. The molecule has 0 amide bonds. The van der Waals surface area contributed by atoms with Crippen LogP contribution >= 0.6 is 0 Å². The minimum atomic E-state index is -0.452. The summed E-state index contributed by atoms with van der Waals surface area (Å²) in [6, 6.07) is 9.87. The standard InChI is InChI=1S/C23H24O6/c1-4-6-16-13-18(23(27-3)21(25)14-16)9-12-20(24)17-7-10-19(11-8-17)29-15-22(26)28-5-2/h4,7-14,25H,1,5-6,15H2,2-3H3. The van der Waals surface area contributed by atoms with Gasteiger partial charge in [-0.1, -0.05) is 6.08 Å². The van der Waals surface area contributed by atoms with Crippen molar-refractivity contribution in [3.8, 4) is 17.2 Å². The predicted molar refractivity (Wildman–Crippen MR) is 110 cm³/mol. The van der Waals surface area contributed by atoms with Crippen molar-refractivity contribution in [1.82, 2.24) is 0 Å². The molecule has 152 valence electrons. The Balaban J connectivity index is 2.10. The smallest absolute Gasteiger partial charge is 0.344 e. The van der Waals surface area contributed by atoms with Gasteiger partial charge in [-0.15, -0.1) is 6.58 Å². The number of hydrogen-bond acceptors (Lipinski definition) is 6. The van der Waals surface area contributed by atoms with Crippen molar-refractivity contribution in [3.05, 3.63) is 71.8 Å². The van der Waals surface area contributed by atoms with Crippen LogP contribution in [0, 0.1) is 0 Å². The maximum absolute atomic E-state index is 12.5. The zero-order valence-corrected chi connectivity index (χ0v) is 16.5. The Hall–Kier alpha value is -3.54. The zero-order valence-electron chi connectivity index (χ0n) is 16.5. The zero-order chi connectivity index (χ0) is 21.2. The first-order valence-corrected chi connectivity index (χ1v) is 9.10. The number of phenols is 1. The second kappa shape index (κ2) is 10.7. The molecule has 0 fully saturated rings. The van der Waals surface area contributed by atoms with Crippen molar-refractivity contribution in [2.75, 3.05) is 20.3 Å². The van der Waals surface area contributed by atoms with Gasteiger partial charge in [-0.3, -0.25) is 4.79 Å². The van der Waals surface area contributed by atoms with Gasteiger partial charge >= 0.3 is 5.97 Å². The molecule has 0 unspecified atom stereocenters. The number of allylic oxidation sites excluding steroid dienone is 2. The summed E-state index contributed by atoms with van der Waals surface area (Å²) >= 11 is 0. The Morgan fingerprint density at radius 3 is 2.52 bits per heavy atom. The molecule has 0 bridgehead atoms. The third-order valence-corrected chi connectivity index (χ3v) is 3.96. The highest BCUT2D eigenvalue weighted by Crippen LogP contribution is 2.33. The van der Waals surface area contributed by atoms with E-state index in [4.69, 9.17) is 14.2 Å². The molecule has 0 aromatic heterocycles. The van der Waals surface area contributed by atoms with Gasteiger partial charge in [0.2, 0.25) is 0 Å². The lowest BCUT2D eigenvalue weighted by Gasteiger charge is -2.09. The molecular weight excluding hydrogens is 372 g/mol. The normalized spacial score (nSPS) is 10.6. The molecule has 2 aromatic rings. The van der Waals surface area contributed by atoms with Crippen molar-refractivity contribution < 1.29 is 28.9 Å². The lowest BCUT2D eigenvalue weighted by molar-refractivity contribution is -0.145. The van der Waals surface area contributed by atoms with Crippen LogP contribution in [0.5, 0.6) is 17.2 Å². The summed E-state index contributed by atoms with van der Waals surface area (Å²) in [5.41, 5.74) is 1.90. The number of benzene rings is 2. The fourth-order valence-corrected chi connectivity index (χ4v) is 2.65. The first kappa shape index (κ1) is 21.8. The van der Waals surface area contributed by atoms with E-state index < -0.39 is 5.97 Å². The third kappa shape index (κ3) is 6.24. The van der Waals surface area contributed by atoms with Crippen molar-refractivity contribution >= 4 is 17.8 Å². The number of carbonyl (C=O) groups excluding carboxylic acids is 2. The summed E-state index contributed by atoms with van der Waals surface area (Å²) < 4.78 is 15.3. The molecule has 0 saturated heterocycles. The van der Waals surface area contributed by atoms with Crippen LogP contribution in [0.1, 0.15) is 28.4 Å². The van der Waals surface area contributed by atoms with Crippen LogP contribution in [0.25, 0.3) is 6.08 Å². The van der Waals surface area contributed by atoms with Crippen molar-refractivity contribution in [2.24, 2.45) is 0 Å². The van der Waals surface area contributed by atoms with E-state index in [9.17, 15) is 14.7 Å². The number of hydrogen-bond donors (Lipinski definition) is 1. The van der Waals surface area contributed by atoms with Gasteiger partial charge in [0.25, 0.3) is 0 Å². The molecule has 1 N–H and O–H groups in total. The molecule has 0 aliphatic heterocycles. The highest BCUT2D eigenvalue weighted by molar-refractivity contribution is 6.07.